The lowest BCUT2D eigenvalue weighted by Gasteiger charge is -1.93. The normalized spacial score (nSPS) is 15.0. The lowest BCUT2D eigenvalue weighted by Crippen LogP contribution is -1.77. The predicted octanol–water partition coefficient (Wildman–Crippen LogP) is 1.27. The monoisotopic (exact) mass is 121 g/mol. The maximum Gasteiger partial charge on any atom is 0.121 e. The Hall–Kier alpha value is -1.27. The molecule has 0 aromatic rings. The van der Waals surface area contributed by atoms with Crippen molar-refractivity contribution in [3.63, 3.8) is 0 Å². The molecular weight excluding hydrogens is 114 g/mol. The molecule has 0 radical (unpaired) electrons. The van der Waals surface area contributed by atoms with Crippen molar-refractivity contribution in [1.82, 2.24) is 0 Å². The van der Waals surface area contributed by atoms with Crippen LogP contribution >= 0.6 is 0 Å². The number of methoxy groups -OCH3 is 1. The van der Waals surface area contributed by atoms with Crippen LogP contribution in [0.2, 0.25) is 0 Å². The average Bonchev–Trinajstić information content (AvgIpc) is 2.13. The molecule has 0 aliphatic carbocycles. The largest absolute Gasteiger partial charge is 0.497 e. The fourth-order valence-corrected chi connectivity index (χ4v) is 0.508. The van der Waals surface area contributed by atoms with Crippen LogP contribution in [0.1, 0.15) is 0 Å². The van der Waals surface area contributed by atoms with E-state index < -0.39 is 0 Å². The lowest BCUT2D eigenvalue weighted by atomic mass is 10.4. The van der Waals surface area contributed by atoms with Gasteiger partial charge in [0, 0.05) is 12.3 Å². The SMILES string of the molecule is COC1=CC=C=NC=C1. The standard InChI is InChI=1S/C7H7NO/c1-9-7-3-2-5-8-6-4-7/h2-4,6H,1H3. The van der Waals surface area contributed by atoms with Crippen LogP contribution in [-0.2, 0) is 4.74 Å². The highest BCUT2D eigenvalue weighted by Crippen LogP contribution is 1.98. The van der Waals surface area contributed by atoms with Crippen molar-refractivity contribution in [3.8, 4) is 0 Å². The number of hydrogen-bond acceptors (Lipinski definition) is 2. The molecule has 0 unspecified atom stereocenters. The minimum absolute atomic E-state index is 0.795. The zero-order valence-corrected chi connectivity index (χ0v) is 5.16. The molecule has 0 amide bonds. The first kappa shape index (κ1) is 5.86. The highest BCUT2D eigenvalue weighted by atomic mass is 16.5. The number of hydrogen-bond donors (Lipinski definition) is 0. The van der Waals surface area contributed by atoms with Crippen molar-refractivity contribution >= 4 is 5.87 Å². The maximum absolute atomic E-state index is 4.91. The smallest absolute Gasteiger partial charge is 0.121 e. The molecule has 1 aliphatic rings. The first-order chi connectivity index (χ1) is 4.43. The van der Waals surface area contributed by atoms with Gasteiger partial charge >= 0.3 is 0 Å². The molecule has 1 rings (SSSR count). The second-order valence-electron chi connectivity index (χ2n) is 1.51. The van der Waals surface area contributed by atoms with E-state index in [1.54, 1.807) is 31.5 Å². The highest BCUT2D eigenvalue weighted by Gasteiger charge is 1.85. The van der Waals surface area contributed by atoms with E-state index in [2.05, 4.69) is 10.9 Å². The molecule has 0 saturated heterocycles. The molecular formula is C7H7NO. The number of aliphatic imine (C=N–C) groups is 1. The van der Waals surface area contributed by atoms with Gasteiger partial charge in [-0.15, -0.1) is 0 Å². The summed E-state index contributed by atoms with van der Waals surface area (Å²) in [6.45, 7) is 0. The molecule has 0 aromatic carbocycles. The van der Waals surface area contributed by atoms with Crippen LogP contribution in [-0.4, -0.2) is 13.0 Å². The zero-order chi connectivity index (χ0) is 6.53. The van der Waals surface area contributed by atoms with Crippen molar-refractivity contribution in [3.05, 3.63) is 30.2 Å². The van der Waals surface area contributed by atoms with E-state index in [1.807, 2.05) is 0 Å². The van der Waals surface area contributed by atoms with Gasteiger partial charge in [-0.1, -0.05) is 0 Å². The zero-order valence-electron chi connectivity index (χ0n) is 5.16. The molecule has 9 heavy (non-hydrogen) atoms. The Morgan fingerprint density at radius 2 is 2.56 bits per heavy atom. The molecule has 0 N–H and O–H groups in total. The molecule has 2 nitrogen and oxygen atoms in total. The van der Waals surface area contributed by atoms with Crippen LogP contribution in [0.15, 0.2) is 35.2 Å². The first-order valence-electron chi connectivity index (χ1n) is 2.63. The number of allylic oxidation sites excluding steroid dienone is 3. The summed E-state index contributed by atoms with van der Waals surface area (Å²) in [6.07, 6.45) is 6.92. The minimum atomic E-state index is 0.795. The van der Waals surface area contributed by atoms with E-state index in [0.29, 0.717) is 0 Å². The quantitative estimate of drug-likeness (QED) is 0.512. The molecule has 0 saturated carbocycles. The van der Waals surface area contributed by atoms with Gasteiger partial charge in [0.15, 0.2) is 0 Å². The predicted molar refractivity (Wildman–Crippen MR) is 36.2 cm³/mol. The van der Waals surface area contributed by atoms with Gasteiger partial charge < -0.3 is 4.74 Å². The van der Waals surface area contributed by atoms with Crippen LogP contribution in [0.5, 0.6) is 0 Å². The van der Waals surface area contributed by atoms with Gasteiger partial charge in [0.2, 0.25) is 0 Å². The summed E-state index contributed by atoms with van der Waals surface area (Å²) in [5, 5.41) is 0. The Morgan fingerprint density at radius 1 is 1.67 bits per heavy atom. The van der Waals surface area contributed by atoms with Crippen molar-refractivity contribution in [2.45, 2.75) is 0 Å². The second-order valence-corrected chi connectivity index (χ2v) is 1.51. The summed E-state index contributed by atoms with van der Waals surface area (Å²) in [5.41, 5.74) is 0. The number of ether oxygens (including phenoxy) is 1. The molecule has 1 heterocycles. The van der Waals surface area contributed by atoms with E-state index >= 15 is 0 Å². The molecule has 2 heteroatoms. The van der Waals surface area contributed by atoms with Crippen molar-refractivity contribution in [2.24, 2.45) is 4.99 Å². The average molecular weight is 121 g/mol. The van der Waals surface area contributed by atoms with Crippen molar-refractivity contribution < 1.29 is 4.74 Å². The Bertz CT molecular complexity index is 207. The van der Waals surface area contributed by atoms with Crippen LogP contribution in [0.25, 0.3) is 0 Å². The van der Waals surface area contributed by atoms with Crippen LogP contribution in [0, 0.1) is 0 Å². The summed E-state index contributed by atoms with van der Waals surface area (Å²) in [7, 11) is 1.62. The fourth-order valence-electron chi connectivity index (χ4n) is 0.508. The van der Waals surface area contributed by atoms with Crippen LogP contribution in [0.3, 0.4) is 0 Å². The van der Waals surface area contributed by atoms with Gasteiger partial charge in [0.05, 0.1) is 7.11 Å². The summed E-state index contributed by atoms with van der Waals surface area (Å²) >= 11 is 0. The first-order valence-corrected chi connectivity index (χ1v) is 2.63. The van der Waals surface area contributed by atoms with Gasteiger partial charge in [0.1, 0.15) is 5.76 Å². The van der Waals surface area contributed by atoms with E-state index in [9.17, 15) is 0 Å². The molecule has 0 bridgehead atoms. The van der Waals surface area contributed by atoms with E-state index in [4.69, 9.17) is 4.74 Å². The van der Waals surface area contributed by atoms with Crippen molar-refractivity contribution in [1.29, 1.82) is 0 Å². The number of rotatable bonds is 1. The number of nitrogens with zero attached hydrogens (tertiary/aromatic N) is 1. The molecule has 0 fully saturated rings. The Labute approximate surface area is 53.9 Å². The van der Waals surface area contributed by atoms with E-state index in [1.165, 1.54) is 0 Å². The summed E-state index contributed by atoms with van der Waals surface area (Å²) < 4.78 is 4.91. The molecule has 0 spiro atoms. The van der Waals surface area contributed by atoms with Gasteiger partial charge in [0.25, 0.3) is 0 Å². The highest BCUT2D eigenvalue weighted by molar-refractivity contribution is 5.57. The second kappa shape index (κ2) is 2.90. The van der Waals surface area contributed by atoms with Crippen LogP contribution in [0.4, 0.5) is 0 Å². The third kappa shape index (κ3) is 1.59. The minimum Gasteiger partial charge on any atom is -0.497 e. The van der Waals surface area contributed by atoms with E-state index in [0.717, 1.165) is 5.76 Å². The topological polar surface area (TPSA) is 21.6 Å². The Balaban J connectivity index is 2.78. The Morgan fingerprint density at radius 3 is 3.33 bits per heavy atom. The van der Waals surface area contributed by atoms with Crippen LogP contribution < -0.4 is 0 Å². The Kier molecular flexibility index (Phi) is 1.89. The lowest BCUT2D eigenvalue weighted by molar-refractivity contribution is 0.307. The van der Waals surface area contributed by atoms with Gasteiger partial charge in [-0.2, -0.15) is 0 Å². The summed E-state index contributed by atoms with van der Waals surface area (Å²) in [4.78, 5) is 3.75. The third-order valence-corrected chi connectivity index (χ3v) is 0.946. The van der Waals surface area contributed by atoms with Gasteiger partial charge in [-0.05, 0) is 18.0 Å². The molecule has 0 atom stereocenters. The summed E-state index contributed by atoms with van der Waals surface area (Å²) in [6, 6.07) is 0. The third-order valence-electron chi connectivity index (χ3n) is 0.946. The van der Waals surface area contributed by atoms with Gasteiger partial charge in [-0.25, -0.2) is 4.99 Å². The maximum atomic E-state index is 4.91. The molecule has 0 aromatic heterocycles. The van der Waals surface area contributed by atoms with Gasteiger partial charge in [-0.3, -0.25) is 0 Å². The molecule has 46 valence electrons. The van der Waals surface area contributed by atoms with E-state index in [-0.39, 0.29) is 0 Å². The van der Waals surface area contributed by atoms with Crippen molar-refractivity contribution in [2.75, 3.05) is 7.11 Å². The molecule has 1 aliphatic heterocycles. The summed E-state index contributed by atoms with van der Waals surface area (Å²) in [5.74, 6) is 3.46. The fraction of sp³-hybridized carbons (Fsp3) is 0.143.